The first kappa shape index (κ1) is 15.0. The van der Waals surface area contributed by atoms with Crippen molar-refractivity contribution >= 4 is 44.6 Å². The molecule has 0 fully saturated rings. The highest BCUT2D eigenvalue weighted by Crippen LogP contribution is 2.13. The molecule has 6 heteroatoms. The molecule has 3 aromatic rings. The number of halogens is 1. The molecule has 4 nitrogen and oxygen atoms in total. The van der Waals surface area contributed by atoms with Crippen molar-refractivity contribution in [3.05, 3.63) is 73.9 Å². The third-order valence-corrected chi connectivity index (χ3v) is 5.17. The van der Waals surface area contributed by atoms with Gasteiger partial charge in [-0.3, -0.25) is 9.36 Å². The van der Waals surface area contributed by atoms with Crippen LogP contribution in [0.2, 0.25) is 5.02 Å². The van der Waals surface area contributed by atoms with Crippen molar-refractivity contribution < 1.29 is 0 Å². The Balaban J connectivity index is 2.09. The second-order valence-corrected chi connectivity index (χ2v) is 6.67. The minimum absolute atomic E-state index is 0.0957. The number of rotatable bonds is 2. The maximum atomic E-state index is 12.9. The standard InChI is InChI=1S/C18H12ClN3OS/c1-20-13-4-2-3-5-14-15(13)16-17(24-14)18(23)22(10-21-16)12-8-6-11(19)7-9-12/h2-4,6-10,20H,1H3. The molecule has 1 aliphatic rings. The number of likely N-dealkylation sites (N-methyl/N-ethyl adjacent to an activating group) is 1. The van der Waals surface area contributed by atoms with Crippen LogP contribution >= 0.6 is 22.9 Å². The molecule has 0 unspecified atom stereocenters. The summed E-state index contributed by atoms with van der Waals surface area (Å²) in [4.78, 5) is 17.5. The van der Waals surface area contributed by atoms with E-state index in [0.717, 1.165) is 21.1 Å². The Morgan fingerprint density at radius 1 is 1.29 bits per heavy atom. The molecule has 1 aromatic carbocycles. The lowest BCUT2D eigenvalue weighted by Gasteiger charge is -2.05. The molecule has 118 valence electrons. The van der Waals surface area contributed by atoms with E-state index in [1.165, 1.54) is 15.9 Å². The van der Waals surface area contributed by atoms with Crippen LogP contribution in [0, 0.1) is 0 Å². The van der Waals surface area contributed by atoms with Crippen LogP contribution in [-0.2, 0) is 0 Å². The second kappa shape index (κ2) is 5.80. The highest BCUT2D eigenvalue weighted by Gasteiger charge is 2.12. The Bertz CT molecular complexity index is 1200. The van der Waals surface area contributed by atoms with Crippen LogP contribution in [0.3, 0.4) is 0 Å². The Morgan fingerprint density at radius 3 is 2.83 bits per heavy atom. The molecule has 2 heterocycles. The Hall–Kier alpha value is -2.59. The van der Waals surface area contributed by atoms with Crippen molar-refractivity contribution in [1.29, 1.82) is 0 Å². The Kier molecular flexibility index (Phi) is 3.62. The largest absolute Gasteiger partial charge is 0.388 e. The van der Waals surface area contributed by atoms with Crippen molar-refractivity contribution in [2.75, 3.05) is 7.05 Å². The van der Waals surface area contributed by atoms with Crippen LogP contribution in [-0.4, -0.2) is 16.6 Å². The van der Waals surface area contributed by atoms with Crippen LogP contribution in [0.15, 0.2) is 53.6 Å². The summed E-state index contributed by atoms with van der Waals surface area (Å²) in [6.07, 6.45) is 7.28. The predicted molar refractivity (Wildman–Crippen MR) is 99.1 cm³/mol. The fourth-order valence-electron chi connectivity index (χ4n) is 2.66. The third kappa shape index (κ3) is 2.31. The summed E-state index contributed by atoms with van der Waals surface area (Å²) < 4.78 is 3.05. The van der Waals surface area contributed by atoms with Gasteiger partial charge >= 0.3 is 0 Å². The number of benzene rings is 1. The molecule has 0 bridgehead atoms. The van der Waals surface area contributed by atoms with Gasteiger partial charge in [-0.25, -0.2) is 4.98 Å². The van der Waals surface area contributed by atoms with Gasteiger partial charge in [0, 0.05) is 17.8 Å². The van der Waals surface area contributed by atoms with Gasteiger partial charge in [0.05, 0.1) is 21.0 Å². The first-order chi connectivity index (χ1) is 11.7. The molecule has 0 amide bonds. The summed E-state index contributed by atoms with van der Waals surface area (Å²) in [6, 6.07) is 7.11. The molecule has 0 aliphatic heterocycles. The highest BCUT2D eigenvalue weighted by molar-refractivity contribution is 7.16. The molecule has 1 aliphatic carbocycles. The van der Waals surface area contributed by atoms with Gasteiger partial charge in [0.15, 0.2) is 0 Å². The van der Waals surface area contributed by atoms with Crippen LogP contribution in [0.5, 0.6) is 0 Å². The van der Waals surface area contributed by atoms with Crippen molar-refractivity contribution in [2.45, 2.75) is 0 Å². The van der Waals surface area contributed by atoms with E-state index in [4.69, 9.17) is 11.6 Å². The van der Waals surface area contributed by atoms with Gasteiger partial charge in [-0.05, 0) is 36.4 Å². The maximum Gasteiger partial charge on any atom is 0.275 e. The number of nitrogens with zero attached hydrogens (tertiary/aromatic N) is 2. The van der Waals surface area contributed by atoms with Crippen LogP contribution in [0.4, 0.5) is 0 Å². The smallest absolute Gasteiger partial charge is 0.275 e. The van der Waals surface area contributed by atoms with E-state index in [9.17, 15) is 4.79 Å². The summed E-state index contributed by atoms with van der Waals surface area (Å²) in [5, 5.41) is 4.71. The lowest BCUT2D eigenvalue weighted by atomic mass is 10.2. The van der Waals surface area contributed by atoms with Crippen molar-refractivity contribution in [2.24, 2.45) is 0 Å². The summed E-state index contributed by atoms with van der Waals surface area (Å²) in [7, 11) is 1.85. The molecule has 24 heavy (non-hydrogen) atoms. The van der Waals surface area contributed by atoms with Gasteiger partial charge in [-0.2, -0.15) is 0 Å². The molecular weight excluding hydrogens is 342 g/mol. The number of nitrogens with one attached hydrogen (secondary N) is 1. The zero-order valence-corrected chi connectivity index (χ0v) is 14.3. The average Bonchev–Trinajstić information content (AvgIpc) is 2.84. The number of fused-ring (bicyclic) bond motifs is 3. The zero-order chi connectivity index (χ0) is 16.7. The van der Waals surface area contributed by atoms with Crippen LogP contribution in [0.25, 0.3) is 27.3 Å². The molecule has 4 rings (SSSR count). The van der Waals surface area contributed by atoms with Crippen molar-refractivity contribution in [3.8, 4) is 5.69 Å². The fourth-order valence-corrected chi connectivity index (χ4v) is 3.87. The Labute approximate surface area is 146 Å². The van der Waals surface area contributed by atoms with E-state index in [-0.39, 0.29) is 5.56 Å². The van der Waals surface area contributed by atoms with E-state index in [0.29, 0.717) is 15.2 Å². The molecule has 2 aromatic heterocycles. The lowest BCUT2D eigenvalue weighted by Crippen LogP contribution is -2.26. The SMILES string of the molecule is CNC1=c2c(sc3c(=O)n(-c4ccc(Cl)cc4)cnc23)=C=CC=C1. The second-order valence-electron chi connectivity index (χ2n) is 5.21. The lowest BCUT2D eigenvalue weighted by molar-refractivity contribution is 0.965. The minimum Gasteiger partial charge on any atom is -0.388 e. The topological polar surface area (TPSA) is 46.9 Å². The highest BCUT2D eigenvalue weighted by atomic mass is 35.5. The fraction of sp³-hybridized carbons (Fsp3) is 0.0556. The van der Waals surface area contributed by atoms with Crippen molar-refractivity contribution in [1.82, 2.24) is 14.9 Å². The van der Waals surface area contributed by atoms with E-state index in [2.05, 4.69) is 16.0 Å². The van der Waals surface area contributed by atoms with Crippen LogP contribution < -0.4 is 20.6 Å². The predicted octanol–water partition coefficient (Wildman–Crippen LogP) is 1.93. The summed E-state index contributed by atoms with van der Waals surface area (Å²) in [5.74, 6) is 0. The molecule has 1 N–H and O–H groups in total. The number of thiophene rings is 1. The summed E-state index contributed by atoms with van der Waals surface area (Å²) in [6.45, 7) is 0. The number of hydrogen-bond donors (Lipinski definition) is 1. The summed E-state index contributed by atoms with van der Waals surface area (Å²) in [5.41, 5.74) is 5.47. The van der Waals surface area contributed by atoms with Gasteiger partial charge in [-0.1, -0.05) is 17.7 Å². The van der Waals surface area contributed by atoms with E-state index < -0.39 is 0 Å². The molecule has 0 saturated heterocycles. The zero-order valence-electron chi connectivity index (χ0n) is 12.7. The normalized spacial score (nSPS) is 12.8. The summed E-state index contributed by atoms with van der Waals surface area (Å²) >= 11 is 7.33. The third-order valence-electron chi connectivity index (χ3n) is 3.82. The van der Waals surface area contributed by atoms with Gasteiger partial charge < -0.3 is 5.32 Å². The maximum absolute atomic E-state index is 12.9. The number of aromatic nitrogens is 2. The first-order valence-corrected chi connectivity index (χ1v) is 8.50. The monoisotopic (exact) mass is 353 g/mol. The average molecular weight is 354 g/mol. The van der Waals surface area contributed by atoms with Gasteiger partial charge in [0.1, 0.15) is 11.0 Å². The van der Waals surface area contributed by atoms with E-state index in [1.807, 2.05) is 25.3 Å². The molecule has 0 radical (unpaired) electrons. The van der Waals surface area contributed by atoms with Gasteiger partial charge in [0.2, 0.25) is 0 Å². The van der Waals surface area contributed by atoms with Gasteiger partial charge in [0.25, 0.3) is 5.56 Å². The minimum atomic E-state index is -0.0957. The number of hydrogen-bond acceptors (Lipinski definition) is 4. The quantitative estimate of drug-likeness (QED) is 0.766. The molecule has 0 atom stereocenters. The van der Waals surface area contributed by atoms with Gasteiger partial charge in [-0.15, -0.1) is 17.1 Å². The van der Waals surface area contributed by atoms with E-state index in [1.54, 1.807) is 30.6 Å². The first-order valence-electron chi connectivity index (χ1n) is 7.30. The molecule has 0 spiro atoms. The molecule has 0 saturated carbocycles. The number of allylic oxidation sites excluding steroid dienone is 2. The Morgan fingerprint density at radius 2 is 2.08 bits per heavy atom. The van der Waals surface area contributed by atoms with Crippen molar-refractivity contribution in [3.63, 3.8) is 0 Å². The van der Waals surface area contributed by atoms with E-state index >= 15 is 0 Å². The van der Waals surface area contributed by atoms with Crippen LogP contribution in [0.1, 0.15) is 0 Å². The molecular formula is C18H12ClN3OS.